The van der Waals surface area contributed by atoms with Crippen LogP contribution in [-0.2, 0) is 14.3 Å². The van der Waals surface area contributed by atoms with Crippen molar-refractivity contribution in [3.05, 3.63) is 64.7 Å². The van der Waals surface area contributed by atoms with E-state index < -0.39 is 17.9 Å². The van der Waals surface area contributed by atoms with Crippen LogP contribution in [0.15, 0.2) is 42.5 Å². The molecule has 1 N–H and O–H groups in total. The molecule has 0 aliphatic heterocycles. The Morgan fingerprint density at radius 2 is 1.57 bits per heavy atom. The van der Waals surface area contributed by atoms with E-state index in [1.54, 1.807) is 30.3 Å². The van der Waals surface area contributed by atoms with Gasteiger partial charge in [0.05, 0.1) is 0 Å². The second-order valence-electron chi connectivity index (χ2n) is 6.67. The van der Waals surface area contributed by atoms with Crippen molar-refractivity contribution in [2.75, 3.05) is 13.2 Å². The fourth-order valence-corrected chi connectivity index (χ4v) is 2.61. The maximum Gasteiger partial charge on any atom is 0.328 e. The fraction of sp³-hybridized carbons (Fsp3) is 0.318. The summed E-state index contributed by atoms with van der Waals surface area (Å²) in [5.41, 5.74) is 3.46. The Morgan fingerprint density at radius 1 is 0.929 bits per heavy atom. The summed E-state index contributed by atoms with van der Waals surface area (Å²) >= 11 is 0. The lowest BCUT2D eigenvalue weighted by Gasteiger charge is -2.14. The lowest BCUT2D eigenvalue weighted by molar-refractivity contribution is -0.146. The summed E-state index contributed by atoms with van der Waals surface area (Å²) in [5, 5.41) is 2.49. The van der Waals surface area contributed by atoms with Gasteiger partial charge in [-0.25, -0.2) is 4.79 Å². The van der Waals surface area contributed by atoms with Gasteiger partial charge in [0.25, 0.3) is 5.91 Å². The Morgan fingerprint density at radius 3 is 2.25 bits per heavy atom. The number of ether oxygens (including phenoxy) is 2. The first-order valence-corrected chi connectivity index (χ1v) is 9.03. The van der Waals surface area contributed by atoms with E-state index in [0.29, 0.717) is 11.3 Å². The van der Waals surface area contributed by atoms with Crippen LogP contribution in [-0.4, -0.2) is 36.9 Å². The SMILES string of the molecule is Cc1cc(C)c(C(=O)COC(=O)[C@H](C)NC(=O)COc2ccccc2)cc1C. The number of esters is 1. The second kappa shape index (κ2) is 9.69. The van der Waals surface area contributed by atoms with Crippen LogP contribution in [0.2, 0.25) is 0 Å². The lowest BCUT2D eigenvalue weighted by atomic mass is 9.98. The van der Waals surface area contributed by atoms with E-state index in [1.165, 1.54) is 6.92 Å². The van der Waals surface area contributed by atoms with Crippen molar-refractivity contribution in [2.45, 2.75) is 33.7 Å². The highest BCUT2D eigenvalue weighted by molar-refractivity contribution is 5.99. The highest BCUT2D eigenvalue weighted by Gasteiger charge is 2.19. The van der Waals surface area contributed by atoms with Gasteiger partial charge in [0.2, 0.25) is 5.78 Å². The Balaban J connectivity index is 1.81. The smallest absolute Gasteiger partial charge is 0.328 e. The average molecular weight is 383 g/mol. The first kappa shape index (κ1) is 21.2. The van der Waals surface area contributed by atoms with Crippen LogP contribution >= 0.6 is 0 Å². The maximum atomic E-state index is 12.4. The first-order valence-electron chi connectivity index (χ1n) is 9.03. The molecule has 0 aliphatic carbocycles. The van der Waals surface area contributed by atoms with Crippen molar-refractivity contribution in [1.29, 1.82) is 0 Å². The van der Waals surface area contributed by atoms with Crippen LogP contribution < -0.4 is 10.1 Å². The molecule has 148 valence electrons. The molecule has 0 fully saturated rings. The van der Waals surface area contributed by atoms with Crippen molar-refractivity contribution in [2.24, 2.45) is 0 Å². The zero-order chi connectivity index (χ0) is 20.7. The minimum absolute atomic E-state index is 0.220. The molecule has 6 nitrogen and oxygen atoms in total. The molecule has 0 aliphatic rings. The van der Waals surface area contributed by atoms with Gasteiger partial charge in [-0.15, -0.1) is 0 Å². The van der Waals surface area contributed by atoms with E-state index in [1.807, 2.05) is 32.9 Å². The van der Waals surface area contributed by atoms with Gasteiger partial charge in [-0.2, -0.15) is 0 Å². The van der Waals surface area contributed by atoms with E-state index in [-0.39, 0.29) is 19.0 Å². The van der Waals surface area contributed by atoms with Crippen LogP contribution in [0.25, 0.3) is 0 Å². The molecule has 0 saturated carbocycles. The molecule has 28 heavy (non-hydrogen) atoms. The van der Waals surface area contributed by atoms with Crippen molar-refractivity contribution in [1.82, 2.24) is 5.32 Å². The molecule has 0 saturated heterocycles. The zero-order valence-corrected chi connectivity index (χ0v) is 16.6. The number of amides is 1. The number of hydrogen-bond acceptors (Lipinski definition) is 5. The quantitative estimate of drug-likeness (QED) is 0.560. The van der Waals surface area contributed by atoms with Gasteiger partial charge >= 0.3 is 5.97 Å². The van der Waals surface area contributed by atoms with Gasteiger partial charge in [0.15, 0.2) is 13.2 Å². The number of Topliss-reactive ketones (excluding diaryl/α,β-unsaturated/α-hetero) is 1. The number of carbonyl (C=O) groups is 3. The third-order valence-corrected chi connectivity index (χ3v) is 4.33. The summed E-state index contributed by atoms with van der Waals surface area (Å²) < 4.78 is 10.4. The average Bonchev–Trinajstić information content (AvgIpc) is 2.67. The molecule has 1 atom stereocenters. The van der Waals surface area contributed by atoms with Gasteiger partial charge in [0.1, 0.15) is 11.8 Å². The van der Waals surface area contributed by atoms with Crippen LogP contribution in [0, 0.1) is 20.8 Å². The summed E-state index contributed by atoms with van der Waals surface area (Å²) in [6.07, 6.45) is 0. The third-order valence-electron chi connectivity index (χ3n) is 4.33. The molecule has 0 unspecified atom stereocenters. The fourth-order valence-electron chi connectivity index (χ4n) is 2.61. The molecule has 2 aromatic carbocycles. The summed E-state index contributed by atoms with van der Waals surface area (Å²) in [4.78, 5) is 36.3. The van der Waals surface area contributed by atoms with Crippen molar-refractivity contribution in [3.63, 3.8) is 0 Å². The Labute approximate surface area is 164 Å². The molecule has 0 heterocycles. The van der Waals surface area contributed by atoms with Crippen LogP contribution in [0.4, 0.5) is 0 Å². The van der Waals surface area contributed by atoms with E-state index in [2.05, 4.69) is 5.32 Å². The Kier molecular flexibility index (Phi) is 7.32. The normalized spacial score (nSPS) is 11.4. The van der Waals surface area contributed by atoms with Gasteiger partial charge in [-0.1, -0.05) is 24.3 Å². The molecule has 0 radical (unpaired) electrons. The summed E-state index contributed by atoms with van der Waals surface area (Å²) in [6, 6.07) is 11.7. The van der Waals surface area contributed by atoms with Gasteiger partial charge in [0, 0.05) is 5.56 Å². The van der Waals surface area contributed by atoms with E-state index in [9.17, 15) is 14.4 Å². The first-order chi connectivity index (χ1) is 13.3. The number of aryl methyl sites for hydroxylation is 3. The Bertz CT molecular complexity index is 861. The predicted octanol–water partition coefficient (Wildman–Crippen LogP) is 2.92. The third kappa shape index (κ3) is 5.94. The number of rotatable bonds is 8. The number of ketones is 1. The molecule has 0 spiro atoms. The highest BCUT2D eigenvalue weighted by Crippen LogP contribution is 2.16. The number of hydrogen-bond donors (Lipinski definition) is 1. The zero-order valence-electron chi connectivity index (χ0n) is 16.6. The molecule has 0 aromatic heterocycles. The largest absolute Gasteiger partial charge is 0.484 e. The molecule has 2 aromatic rings. The molecular formula is C22H25NO5. The number of para-hydroxylation sites is 1. The van der Waals surface area contributed by atoms with Crippen LogP contribution in [0.5, 0.6) is 5.75 Å². The molecule has 1 amide bonds. The van der Waals surface area contributed by atoms with E-state index >= 15 is 0 Å². The second-order valence-corrected chi connectivity index (χ2v) is 6.67. The van der Waals surface area contributed by atoms with E-state index in [4.69, 9.17) is 9.47 Å². The minimum Gasteiger partial charge on any atom is -0.484 e. The highest BCUT2D eigenvalue weighted by atomic mass is 16.5. The maximum absolute atomic E-state index is 12.4. The van der Waals surface area contributed by atoms with Crippen LogP contribution in [0.1, 0.15) is 34.0 Å². The predicted molar refractivity (Wildman–Crippen MR) is 105 cm³/mol. The number of carbonyl (C=O) groups excluding carboxylic acids is 3. The molecule has 2 rings (SSSR count). The van der Waals surface area contributed by atoms with Crippen LogP contribution in [0.3, 0.4) is 0 Å². The summed E-state index contributed by atoms with van der Waals surface area (Å²) in [7, 11) is 0. The van der Waals surface area contributed by atoms with Crippen molar-refractivity contribution in [3.8, 4) is 5.75 Å². The monoisotopic (exact) mass is 383 g/mol. The number of nitrogens with one attached hydrogen (secondary N) is 1. The molecule has 0 bridgehead atoms. The van der Waals surface area contributed by atoms with Gasteiger partial charge < -0.3 is 14.8 Å². The standard InChI is InChI=1S/C22H25NO5/c1-14-10-16(3)19(11-15(14)2)20(24)12-28-22(26)17(4)23-21(25)13-27-18-8-6-5-7-9-18/h5-11,17H,12-13H2,1-4H3,(H,23,25)/t17-/m0/s1. The van der Waals surface area contributed by atoms with Crippen molar-refractivity contribution >= 4 is 17.7 Å². The summed E-state index contributed by atoms with van der Waals surface area (Å²) in [5.74, 6) is -0.852. The van der Waals surface area contributed by atoms with E-state index in [0.717, 1.165) is 16.7 Å². The molecular weight excluding hydrogens is 358 g/mol. The Hall–Kier alpha value is -3.15. The van der Waals surface area contributed by atoms with Crippen molar-refractivity contribution < 1.29 is 23.9 Å². The minimum atomic E-state index is -0.888. The summed E-state index contributed by atoms with van der Waals surface area (Å²) in [6.45, 7) is 6.64. The lowest BCUT2D eigenvalue weighted by Crippen LogP contribution is -2.42. The van der Waals surface area contributed by atoms with Gasteiger partial charge in [-0.3, -0.25) is 9.59 Å². The molecule has 6 heteroatoms. The topological polar surface area (TPSA) is 81.7 Å². The number of benzene rings is 2. The van der Waals surface area contributed by atoms with Gasteiger partial charge in [-0.05, 0) is 62.6 Å².